The number of aryl methyl sites for hydroxylation is 2. The fourth-order valence-corrected chi connectivity index (χ4v) is 3.33. The largest absolute Gasteiger partial charge is 0.352 e. The molecule has 2 heterocycles. The number of rotatable bonds is 5. The minimum atomic E-state index is -0.113. The van der Waals surface area contributed by atoms with Gasteiger partial charge in [-0.1, -0.05) is 6.07 Å². The van der Waals surface area contributed by atoms with Crippen LogP contribution in [0.2, 0.25) is 0 Å². The molecule has 0 bridgehead atoms. The average molecular weight is 348 g/mol. The van der Waals surface area contributed by atoms with Crippen LogP contribution in [-0.2, 0) is 19.3 Å². The first-order chi connectivity index (χ1) is 12.7. The van der Waals surface area contributed by atoms with Gasteiger partial charge in [-0.05, 0) is 49.9 Å². The lowest BCUT2D eigenvalue weighted by Crippen LogP contribution is -2.26. The van der Waals surface area contributed by atoms with Gasteiger partial charge in [-0.2, -0.15) is 0 Å². The summed E-state index contributed by atoms with van der Waals surface area (Å²) in [6.07, 6.45) is 7.11. The van der Waals surface area contributed by atoms with Gasteiger partial charge in [0.05, 0.1) is 0 Å². The summed E-state index contributed by atoms with van der Waals surface area (Å²) in [5.74, 6) is 0.694. The van der Waals surface area contributed by atoms with Crippen LogP contribution >= 0.6 is 0 Å². The molecule has 0 unspecified atom stereocenters. The van der Waals surface area contributed by atoms with Gasteiger partial charge < -0.3 is 5.32 Å². The molecule has 132 valence electrons. The number of nitrogens with one attached hydrogen (secondary N) is 1. The third-order valence-electron chi connectivity index (χ3n) is 4.65. The fourth-order valence-electron chi connectivity index (χ4n) is 3.33. The highest BCUT2D eigenvalue weighted by Gasteiger charge is 2.17. The van der Waals surface area contributed by atoms with E-state index in [1.54, 1.807) is 23.3 Å². The zero-order valence-corrected chi connectivity index (χ0v) is 14.6. The van der Waals surface area contributed by atoms with Crippen LogP contribution in [0.4, 0.5) is 0 Å². The van der Waals surface area contributed by atoms with Gasteiger partial charge in [0.15, 0.2) is 0 Å². The molecule has 1 aromatic carbocycles. The van der Waals surface area contributed by atoms with Crippen LogP contribution < -0.4 is 5.32 Å². The Morgan fingerprint density at radius 3 is 2.88 bits per heavy atom. The highest BCUT2D eigenvalue weighted by Crippen LogP contribution is 2.22. The molecule has 1 aliphatic carbocycles. The molecule has 0 fully saturated rings. The maximum absolute atomic E-state index is 12.4. The van der Waals surface area contributed by atoms with Crippen LogP contribution in [0.3, 0.4) is 0 Å². The number of hydrogen-bond donors (Lipinski definition) is 1. The average Bonchev–Trinajstić information content (AvgIpc) is 3.34. The van der Waals surface area contributed by atoms with Gasteiger partial charge in [0, 0.05) is 35.6 Å². The molecule has 3 aromatic rings. The van der Waals surface area contributed by atoms with Crippen LogP contribution in [0.1, 0.15) is 39.6 Å². The molecule has 1 N–H and O–H groups in total. The fraction of sp³-hybridized carbons (Fsp3) is 0.316. The van der Waals surface area contributed by atoms with E-state index in [1.165, 1.54) is 11.3 Å². The zero-order valence-electron chi connectivity index (χ0n) is 14.6. The van der Waals surface area contributed by atoms with Crippen molar-refractivity contribution in [2.24, 2.45) is 0 Å². The van der Waals surface area contributed by atoms with Gasteiger partial charge in [-0.3, -0.25) is 9.36 Å². The standard InChI is InChI=1S/C19H20N6O/c1-13-16-6-3-7-17(16)24-18(23-13)8-9-20-19(26)14-4-2-5-15(10-14)25-11-21-22-12-25/h2,4-5,10-12H,3,6-9H2,1H3,(H,20,26). The van der Waals surface area contributed by atoms with Crippen molar-refractivity contribution < 1.29 is 4.79 Å². The number of hydrogen-bond acceptors (Lipinski definition) is 5. The highest BCUT2D eigenvalue weighted by atomic mass is 16.1. The first-order valence-corrected chi connectivity index (χ1v) is 8.79. The molecule has 0 atom stereocenters. The molecule has 4 rings (SSSR count). The van der Waals surface area contributed by atoms with Gasteiger partial charge in [0.1, 0.15) is 18.5 Å². The second kappa shape index (κ2) is 7.03. The van der Waals surface area contributed by atoms with Crippen molar-refractivity contribution in [3.63, 3.8) is 0 Å². The van der Waals surface area contributed by atoms with E-state index in [0.717, 1.165) is 36.5 Å². The molecular formula is C19H20N6O. The number of carbonyl (C=O) groups is 1. The van der Waals surface area contributed by atoms with Crippen molar-refractivity contribution in [2.75, 3.05) is 6.54 Å². The van der Waals surface area contributed by atoms with Gasteiger partial charge in [-0.15, -0.1) is 10.2 Å². The molecule has 1 aliphatic rings. The number of nitrogens with zero attached hydrogens (tertiary/aromatic N) is 5. The molecule has 0 aliphatic heterocycles. The summed E-state index contributed by atoms with van der Waals surface area (Å²) < 4.78 is 1.76. The number of benzene rings is 1. The monoisotopic (exact) mass is 348 g/mol. The van der Waals surface area contributed by atoms with E-state index in [0.29, 0.717) is 18.5 Å². The van der Waals surface area contributed by atoms with Gasteiger partial charge >= 0.3 is 0 Å². The second-order valence-electron chi connectivity index (χ2n) is 6.43. The Balaban J connectivity index is 1.39. The maximum Gasteiger partial charge on any atom is 0.251 e. The van der Waals surface area contributed by atoms with E-state index >= 15 is 0 Å². The predicted octanol–water partition coefficient (Wildman–Crippen LogP) is 1.83. The minimum absolute atomic E-state index is 0.113. The van der Waals surface area contributed by atoms with Crippen molar-refractivity contribution >= 4 is 5.91 Å². The molecule has 26 heavy (non-hydrogen) atoms. The van der Waals surface area contributed by atoms with Crippen molar-refractivity contribution in [1.29, 1.82) is 0 Å². The summed E-state index contributed by atoms with van der Waals surface area (Å²) in [5, 5.41) is 10.5. The summed E-state index contributed by atoms with van der Waals surface area (Å²) >= 11 is 0. The summed E-state index contributed by atoms with van der Waals surface area (Å²) in [4.78, 5) is 21.7. The Bertz CT molecular complexity index is 935. The second-order valence-corrected chi connectivity index (χ2v) is 6.43. The molecule has 7 heteroatoms. The van der Waals surface area contributed by atoms with Crippen LogP contribution in [0.25, 0.3) is 5.69 Å². The Labute approximate surface area is 151 Å². The van der Waals surface area contributed by atoms with Gasteiger partial charge in [0.2, 0.25) is 0 Å². The highest BCUT2D eigenvalue weighted by molar-refractivity contribution is 5.94. The van der Waals surface area contributed by atoms with E-state index in [-0.39, 0.29) is 5.91 Å². The van der Waals surface area contributed by atoms with Crippen LogP contribution in [0.15, 0.2) is 36.9 Å². The lowest BCUT2D eigenvalue weighted by atomic mass is 10.2. The van der Waals surface area contributed by atoms with Crippen LogP contribution in [-0.4, -0.2) is 37.2 Å². The Morgan fingerprint density at radius 1 is 1.19 bits per heavy atom. The molecule has 0 saturated heterocycles. The quantitative estimate of drug-likeness (QED) is 0.760. The van der Waals surface area contributed by atoms with E-state index in [2.05, 4.69) is 25.5 Å². The topological polar surface area (TPSA) is 85.6 Å². The summed E-state index contributed by atoms with van der Waals surface area (Å²) in [7, 11) is 0. The molecule has 2 aromatic heterocycles. The summed E-state index contributed by atoms with van der Waals surface area (Å²) in [6, 6.07) is 7.35. The molecule has 1 amide bonds. The molecular weight excluding hydrogens is 328 g/mol. The minimum Gasteiger partial charge on any atom is -0.352 e. The first kappa shape index (κ1) is 16.4. The summed E-state index contributed by atoms with van der Waals surface area (Å²) in [5.41, 5.74) is 5.02. The number of fused-ring (bicyclic) bond motifs is 1. The van der Waals surface area contributed by atoms with E-state index in [9.17, 15) is 4.79 Å². The first-order valence-electron chi connectivity index (χ1n) is 8.79. The smallest absolute Gasteiger partial charge is 0.251 e. The van der Waals surface area contributed by atoms with Crippen molar-refractivity contribution in [3.05, 3.63) is 65.3 Å². The van der Waals surface area contributed by atoms with Crippen molar-refractivity contribution in [2.45, 2.75) is 32.6 Å². The molecule has 0 saturated carbocycles. The van der Waals surface area contributed by atoms with Crippen molar-refractivity contribution in [1.82, 2.24) is 30.0 Å². The Morgan fingerprint density at radius 2 is 2.04 bits per heavy atom. The lowest BCUT2D eigenvalue weighted by molar-refractivity contribution is 0.0954. The van der Waals surface area contributed by atoms with Crippen LogP contribution in [0.5, 0.6) is 0 Å². The van der Waals surface area contributed by atoms with Gasteiger partial charge in [0.25, 0.3) is 5.91 Å². The number of aromatic nitrogens is 5. The van der Waals surface area contributed by atoms with E-state index < -0.39 is 0 Å². The Kier molecular flexibility index (Phi) is 4.43. The molecule has 0 radical (unpaired) electrons. The molecule has 7 nitrogen and oxygen atoms in total. The number of carbonyl (C=O) groups excluding carboxylic acids is 1. The third kappa shape index (κ3) is 3.33. The van der Waals surface area contributed by atoms with Gasteiger partial charge in [-0.25, -0.2) is 9.97 Å². The number of amides is 1. The SMILES string of the molecule is Cc1nc(CCNC(=O)c2cccc(-n3cnnc3)c2)nc2c1CCC2. The van der Waals surface area contributed by atoms with E-state index in [4.69, 9.17) is 0 Å². The van der Waals surface area contributed by atoms with Crippen LogP contribution in [0, 0.1) is 6.92 Å². The maximum atomic E-state index is 12.4. The van der Waals surface area contributed by atoms with Crippen molar-refractivity contribution in [3.8, 4) is 5.69 Å². The zero-order chi connectivity index (χ0) is 17.9. The lowest BCUT2D eigenvalue weighted by Gasteiger charge is -2.09. The third-order valence-corrected chi connectivity index (χ3v) is 4.65. The van der Waals surface area contributed by atoms with E-state index in [1.807, 2.05) is 25.1 Å². The Hall–Kier alpha value is -3.09. The normalized spacial score (nSPS) is 12.8. The predicted molar refractivity (Wildman–Crippen MR) is 96.2 cm³/mol. The summed E-state index contributed by atoms with van der Waals surface area (Å²) in [6.45, 7) is 2.55. The molecule has 0 spiro atoms.